The molecule has 0 aliphatic carbocycles. The lowest BCUT2D eigenvalue weighted by atomic mass is 10.1. The first-order valence-electron chi connectivity index (χ1n) is 9.10. The highest BCUT2D eigenvalue weighted by Crippen LogP contribution is 2.26. The van der Waals surface area contributed by atoms with Gasteiger partial charge >= 0.3 is 0 Å². The molecule has 0 unspecified atom stereocenters. The third kappa shape index (κ3) is 3.45. The Labute approximate surface area is 157 Å². The van der Waals surface area contributed by atoms with Gasteiger partial charge in [-0.15, -0.1) is 0 Å². The summed E-state index contributed by atoms with van der Waals surface area (Å²) in [5, 5.41) is 0. The first kappa shape index (κ1) is 17.3. The maximum Gasteiger partial charge on any atom is 0.289 e. The Morgan fingerprint density at radius 1 is 0.926 bits per heavy atom. The van der Waals surface area contributed by atoms with Gasteiger partial charge in [0.2, 0.25) is 11.8 Å². The van der Waals surface area contributed by atoms with Crippen LogP contribution in [0.4, 0.5) is 5.69 Å². The smallest absolute Gasteiger partial charge is 0.289 e. The lowest BCUT2D eigenvalue weighted by Gasteiger charge is -2.35. The quantitative estimate of drug-likeness (QED) is 0.826. The minimum absolute atomic E-state index is 0.00752. The van der Waals surface area contributed by atoms with Crippen LogP contribution in [-0.2, 0) is 9.59 Å². The highest BCUT2D eigenvalue weighted by Gasteiger charge is 2.38. The summed E-state index contributed by atoms with van der Waals surface area (Å²) in [6, 6.07) is 12.7. The minimum atomic E-state index is -0.329. The number of amides is 3. The van der Waals surface area contributed by atoms with Gasteiger partial charge in [0.05, 0.1) is 12.2 Å². The standard InChI is InChI=1S/C20H21N3O4/c24-18-13-15(14-23(18)16-5-2-1-3-6-16)19(25)21-8-10-22(11-9-21)20(26)17-7-4-12-27-17/h1-7,12,15H,8-11,13-14H2/t15-/m0/s1. The molecule has 2 fully saturated rings. The first-order valence-corrected chi connectivity index (χ1v) is 9.10. The van der Waals surface area contributed by atoms with Gasteiger partial charge in [0, 0.05) is 44.8 Å². The van der Waals surface area contributed by atoms with E-state index in [4.69, 9.17) is 4.42 Å². The number of hydrogen-bond acceptors (Lipinski definition) is 4. The van der Waals surface area contributed by atoms with Crippen LogP contribution in [0.25, 0.3) is 0 Å². The fourth-order valence-electron chi connectivity index (χ4n) is 3.67. The van der Waals surface area contributed by atoms with Gasteiger partial charge in [0.25, 0.3) is 5.91 Å². The van der Waals surface area contributed by atoms with Crippen molar-refractivity contribution in [2.75, 3.05) is 37.6 Å². The highest BCUT2D eigenvalue weighted by atomic mass is 16.3. The zero-order chi connectivity index (χ0) is 18.8. The molecule has 0 radical (unpaired) electrons. The first-order chi connectivity index (χ1) is 13.1. The summed E-state index contributed by atoms with van der Waals surface area (Å²) >= 11 is 0. The molecule has 7 nitrogen and oxygen atoms in total. The molecule has 1 atom stereocenters. The topological polar surface area (TPSA) is 74.1 Å². The average Bonchev–Trinajstić information content (AvgIpc) is 3.38. The normalized spacial score (nSPS) is 20.2. The summed E-state index contributed by atoms with van der Waals surface area (Å²) in [7, 11) is 0. The molecule has 0 saturated carbocycles. The second-order valence-corrected chi connectivity index (χ2v) is 6.84. The maximum absolute atomic E-state index is 12.9. The van der Waals surface area contributed by atoms with E-state index in [9.17, 15) is 14.4 Å². The van der Waals surface area contributed by atoms with Crippen LogP contribution >= 0.6 is 0 Å². The zero-order valence-electron chi connectivity index (χ0n) is 14.9. The Bertz CT molecular complexity index is 826. The molecule has 1 aromatic heterocycles. The van der Waals surface area contributed by atoms with Crippen molar-refractivity contribution in [1.82, 2.24) is 9.80 Å². The Balaban J connectivity index is 1.35. The molecule has 27 heavy (non-hydrogen) atoms. The molecule has 3 amide bonds. The van der Waals surface area contributed by atoms with Gasteiger partial charge in [0.1, 0.15) is 0 Å². The van der Waals surface area contributed by atoms with Gasteiger partial charge in [-0.2, -0.15) is 0 Å². The molecular weight excluding hydrogens is 346 g/mol. The number of hydrogen-bond donors (Lipinski definition) is 0. The van der Waals surface area contributed by atoms with Crippen molar-refractivity contribution in [3.8, 4) is 0 Å². The molecule has 1 aromatic carbocycles. The van der Waals surface area contributed by atoms with Crippen LogP contribution in [0.1, 0.15) is 17.0 Å². The van der Waals surface area contributed by atoms with E-state index in [1.807, 2.05) is 30.3 Å². The SMILES string of the molecule is O=C(c1ccco1)N1CCN(C(=O)[C@H]2CC(=O)N(c3ccccc3)C2)CC1. The van der Waals surface area contributed by atoms with Crippen molar-refractivity contribution < 1.29 is 18.8 Å². The fraction of sp³-hybridized carbons (Fsp3) is 0.350. The van der Waals surface area contributed by atoms with Crippen molar-refractivity contribution in [2.45, 2.75) is 6.42 Å². The van der Waals surface area contributed by atoms with E-state index in [-0.39, 0.29) is 30.1 Å². The van der Waals surface area contributed by atoms with Crippen LogP contribution in [0.3, 0.4) is 0 Å². The van der Waals surface area contributed by atoms with Crippen molar-refractivity contribution in [2.24, 2.45) is 5.92 Å². The number of anilines is 1. The Hall–Kier alpha value is -3.09. The second kappa shape index (κ2) is 7.26. The number of carbonyl (C=O) groups is 3. The Morgan fingerprint density at radius 3 is 2.30 bits per heavy atom. The van der Waals surface area contributed by atoms with E-state index in [1.165, 1.54) is 6.26 Å². The average molecular weight is 367 g/mol. The molecule has 2 aliphatic rings. The molecule has 2 aliphatic heterocycles. The van der Waals surface area contributed by atoms with E-state index in [1.54, 1.807) is 26.8 Å². The summed E-state index contributed by atoms with van der Waals surface area (Å²) in [4.78, 5) is 42.6. The number of furan rings is 1. The monoisotopic (exact) mass is 367 g/mol. The van der Waals surface area contributed by atoms with Gasteiger partial charge in [-0.05, 0) is 24.3 Å². The summed E-state index contributed by atoms with van der Waals surface area (Å²) in [6.45, 7) is 2.29. The third-order valence-electron chi connectivity index (χ3n) is 5.15. The number of piperazine rings is 1. The van der Waals surface area contributed by atoms with E-state index in [0.29, 0.717) is 38.5 Å². The summed E-state index contributed by atoms with van der Waals surface area (Å²) in [5.41, 5.74) is 0.826. The van der Waals surface area contributed by atoms with Crippen LogP contribution in [0.15, 0.2) is 53.1 Å². The van der Waals surface area contributed by atoms with Gasteiger partial charge in [-0.3, -0.25) is 14.4 Å². The molecule has 3 heterocycles. The number of benzene rings is 1. The second-order valence-electron chi connectivity index (χ2n) is 6.84. The summed E-state index contributed by atoms with van der Waals surface area (Å²) in [6.07, 6.45) is 1.71. The summed E-state index contributed by atoms with van der Waals surface area (Å²) < 4.78 is 5.15. The lowest BCUT2D eigenvalue weighted by Crippen LogP contribution is -2.52. The summed E-state index contributed by atoms with van der Waals surface area (Å²) in [5.74, 6) is -0.198. The predicted molar refractivity (Wildman–Crippen MR) is 98.1 cm³/mol. The molecule has 2 saturated heterocycles. The number of carbonyl (C=O) groups excluding carboxylic acids is 3. The molecule has 2 aromatic rings. The van der Waals surface area contributed by atoms with Crippen LogP contribution in [0.5, 0.6) is 0 Å². The largest absolute Gasteiger partial charge is 0.459 e. The van der Waals surface area contributed by atoms with Gasteiger partial charge < -0.3 is 19.1 Å². The van der Waals surface area contributed by atoms with Crippen LogP contribution in [0.2, 0.25) is 0 Å². The van der Waals surface area contributed by atoms with E-state index in [2.05, 4.69) is 0 Å². The van der Waals surface area contributed by atoms with Crippen molar-refractivity contribution in [1.29, 1.82) is 0 Å². The fourth-order valence-corrected chi connectivity index (χ4v) is 3.67. The number of nitrogens with zero attached hydrogens (tertiary/aromatic N) is 3. The number of rotatable bonds is 3. The van der Waals surface area contributed by atoms with E-state index in [0.717, 1.165) is 5.69 Å². The molecule has 0 bridgehead atoms. The Morgan fingerprint density at radius 2 is 1.63 bits per heavy atom. The van der Waals surface area contributed by atoms with Gasteiger partial charge in [-0.25, -0.2) is 0 Å². The third-order valence-corrected chi connectivity index (χ3v) is 5.15. The zero-order valence-corrected chi connectivity index (χ0v) is 14.9. The molecule has 7 heteroatoms. The Kier molecular flexibility index (Phi) is 4.66. The predicted octanol–water partition coefficient (Wildman–Crippen LogP) is 1.62. The van der Waals surface area contributed by atoms with Crippen LogP contribution in [0, 0.1) is 5.92 Å². The van der Waals surface area contributed by atoms with Gasteiger partial charge in [-0.1, -0.05) is 18.2 Å². The molecular formula is C20H21N3O4. The molecule has 0 N–H and O–H groups in total. The van der Waals surface area contributed by atoms with Crippen molar-refractivity contribution in [3.63, 3.8) is 0 Å². The lowest BCUT2D eigenvalue weighted by molar-refractivity contribution is -0.137. The van der Waals surface area contributed by atoms with Gasteiger partial charge in [0.15, 0.2) is 5.76 Å². The van der Waals surface area contributed by atoms with Crippen molar-refractivity contribution >= 4 is 23.4 Å². The van der Waals surface area contributed by atoms with E-state index >= 15 is 0 Å². The minimum Gasteiger partial charge on any atom is -0.459 e. The van der Waals surface area contributed by atoms with E-state index < -0.39 is 0 Å². The molecule has 140 valence electrons. The van der Waals surface area contributed by atoms with Crippen LogP contribution in [-0.4, -0.2) is 60.2 Å². The van der Waals surface area contributed by atoms with Crippen molar-refractivity contribution in [3.05, 3.63) is 54.5 Å². The van der Waals surface area contributed by atoms with Crippen LogP contribution < -0.4 is 4.90 Å². The number of para-hydroxylation sites is 1. The molecule has 0 spiro atoms. The molecule has 4 rings (SSSR count). The maximum atomic E-state index is 12.9. The highest BCUT2D eigenvalue weighted by molar-refractivity contribution is 6.00.